The van der Waals surface area contributed by atoms with Gasteiger partial charge in [-0.3, -0.25) is 0 Å². The van der Waals surface area contributed by atoms with Crippen molar-refractivity contribution < 1.29 is 14.0 Å². The van der Waals surface area contributed by atoms with Crippen LogP contribution < -0.4 is 5.46 Å². The van der Waals surface area contributed by atoms with Crippen LogP contribution in [0.2, 0.25) is 0 Å². The van der Waals surface area contributed by atoms with Crippen LogP contribution in [0.3, 0.4) is 0 Å². The van der Waals surface area contributed by atoms with Crippen molar-refractivity contribution in [3.63, 3.8) is 0 Å². The lowest BCUT2D eigenvalue weighted by molar-refractivity contribution is -0.0316. The highest BCUT2D eigenvalue weighted by Crippen LogP contribution is 2.36. The van der Waals surface area contributed by atoms with Crippen molar-refractivity contribution >= 4 is 12.6 Å². The van der Waals surface area contributed by atoms with Crippen LogP contribution in [0, 0.1) is 0 Å². The molecule has 0 bridgehead atoms. The lowest BCUT2D eigenvalue weighted by atomic mass is 9.81. The molecule has 1 atom stereocenters. The summed E-state index contributed by atoms with van der Waals surface area (Å²) in [5, 5.41) is 0. The Hall–Kier alpha value is -0.775. The fourth-order valence-electron chi connectivity index (χ4n) is 2.69. The minimum atomic E-state index is -0.291. The zero-order valence-corrected chi connectivity index (χ0v) is 12.9. The third kappa shape index (κ3) is 2.43. The van der Waals surface area contributed by atoms with Crippen LogP contribution in [0.15, 0.2) is 18.5 Å². The first-order valence-electron chi connectivity index (χ1n) is 7.54. The van der Waals surface area contributed by atoms with E-state index in [9.17, 15) is 0 Å². The number of rotatable bonds is 2. The van der Waals surface area contributed by atoms with Gasteiger partial charge in [0.15, 0.2) is 0 Å². The molecule has 110 valence electrons. The van der Waals surface area contributed by atoms with Gasteiger partial charge in [-0.25, -0.2) is 0 Å². The third-order valence-electron chi connectivity index (χ3n) is 4.75. The highest BCUT2D eigenvalue weighted by Gasteiger charge is 2.51. The second-order valence-corrected chi connectivity index (χ2v) is 6.80. The molecule has 0 N–H and O–H groups in total. The average Bonchev–Trinajstić information content (AvgIpc) is 2.94. The van der Waals surface area contributed by atoms with Crippen molar-refractivity contribution in [3.05, 3.63) is 18.5 Å². The number of aromatic nitrogens is 1. The summed E-state index contributed by atoms with van der Waals surface area (Å²) in [5.41, 5.74) is 0.486. The topological polar surface area (TPSA) is 32.6 Å². The van der Waals surface area contributed by atoms with E-state index in [0.717, 1.165) is 18.5 Å². The van der Waals surface area contributed by atoms with Gasteiger partial charge in [-0.1, -0.05) is 0 Å². The van der Waals surface area contributed by atoms with Crippen molar-refractivity contribution in [3.8, 4) is 0 Å². The van der Waals surface area contributed by atoms with Crippen molar-refractivity contribution in [2.75, 3.05) is 6.61 Å². The molecule has 0 saturated carbocycles. The van der Waals surface area contributed by atoms with Gasteiger partial charge in [0, 0.05) is 24.5 Å². The zero-order valence-electron chi connectivity index (χ0n) is 12.9. The Morgan fingerprint density at radius 1 is 1.15 bits per heavy atom. The van der Waals surface area contributed by atoms with E-state index in [4.69, 9.17) is 14.0 Å². The Morgan fingerprint density at radius 2 is 1.85 bits per heavy atom. The first-order valence-corrected chi connectivity index (χ1v) is 7.54. The van der Waals surface area contributed by atoms with Crippen molar-refractivity contribution in [1.29, 1.82) is 0 Å². The molecule has 1 aromatic rings. The summed E-state index contributed by atoms with van der Waals surface area (Å²) in [7, 11) is -0.287. The van der Waals surface area contributed by atoms with Crippen molar-refractivity contribution in [2.45, 2.75) is 64.4 Å². The van der Waals surface area contributed by atoms with Gasteiger partial charge >= 0.3 is 7.12 Å². The van der Waals surface area contributed by atoms with Gasteiger partial charge in [-0.05, 0) is 53.0 Å². The molecular weight excluding hydrogens is 253 g/mol. The summed E-state index contributed by atoms with van der Waals surface area (Å²) >= 11 is 0. The number of hydrogen-bond acceptors (Lipinski definition) is 3. The monoisotopic (exact) mass is 277 g/mol. The fourth-order valence-corrected chi connectivity index (χ4v) is 2.69. The molecule has 4 nitrogen and oxygen atoms in total. The quantitative estimate of drug-likeness (QED) is 0.778. The van der Waals surface area contributed by atoms with Gasteiger partial charge in [0.05, 0.1) is 11.2 Å². The molecule has 2 saturated heterocycles. The molecule has 2 aliphatic heterocycles. The van der Waals surface area contributed by atoms with Gasteiger partial charge in [0.25, 0.3) is 0 Å². The lowest BCUT2D eigenvalue weighted by Crippen LogP contribution is -2.41. The Labute approximate surface area is 121 Å². The van der Waals surface area contributed by atoms with Crippen LogP contribution in [0.5, 0.6) is 0 Å². The molecule has 2 fully saturated rings. The molecule has 20 heavy (non-hydrogen) atoms. The van der Waals surface area contributed by atoms with E-state index < -0.39 is 0 Å². The number of hydrogen-bond donors (Lipinski definition) is 0. The van der Waals surface area contributed by atoms with Crippen LogP contribution in [0.4, 0.5) is 0 Å². The molecule has 1 aromatic heterocycles. The van der Waals surface area contributed by atoms with E-state index in [0.29, 0.717) is 0 Å². The Morgan fingerprint density at radius 3 is 2.45 bits per heavy atom. The van der Waals surface area contributed by atoms with E-state index in [1.165, 1.54) is 12.8 Å². The molecule has 0 radical (unpaired) electrons. The van der Waals surface area contributed by atoms with Gasteiger partial charge < -0.3 is 18.6 Å². The average molecular weight is 277 g/mol. The summed E-state index contributed by atoms with van der Waals surface area (Å²) in [5.74, 6) is 0. The highest BCUT2D eigenvalue weighted by molar-refractivity contribution is 6.62. The first-order chi connectivity index (χ1) is 9.39. The van der Waals surface area contributed by atoms with Crippen molar-refractivity contribution in [2.24, 2.45) is 0 Å². The predicted molar refractivity (Wildman–Crippen MR) is 79.0 cm³/mol. The summed E-state index contributed by atoms with van der Waals surface area (Å²) in [6.07, 6.45) is 7.81. The predicted octanol–water partition coefficient (Wildman–Crippen LogP) is 2.49. The van der Waals surface area contributed by atoms with Gasteiger partial charge in [-0.2, -0.15) is 0 Å². The van der Waals surface area contributed by atoms with E-state index in [1.807, 2.05) is 0 Å². The lowest BCUT2D eigenvalue weighted by Gasteiger charge is -2.32. The molecule has 3 rings (SSSR count). The third-order valence-corrected chi connectivity index (χ3v) is 4.75. The van der Waals surface area contributed by atoms with Gasteiger partial charge in [0.2, 0.25) is 0 Å². The summed E-state index contributed by atoms with van der Waals surface area (Å²) in [6, 6.07) is 2.07. The van der Waals surface area contributed by atoms with Crippen LogP contribution in [-0.4, -0.2) is 29.5 Å². The van der Waals surface area contributed by atoms with Crippen LogP contribution in [0.1, 0.15) is 53.2 Å². The van der Waals surface area contributed by atoms with Crippen LogP contribution >= 0.6 is 0 Å². The van der Waals surface area contributed by atoms with Gasteiger partial charge in [-0.15, -0.1) is 0 Å². The van der Waals surface area contributed by atoms with Crippen molar-refractivity contribution in [1.82, 2.24) is 4.57 Å². The maximum atomic E-state index is 6.07. The Balaban J connectivity index is 1.74. The summed E-state index contributed by atoms with van der Waals surface area (Å²) in [4.78, 5) is 0. The Bertz CT molecular complexity index is 461. The number of nitrogens with zero attached hydrogens (tertiary/aromatic N) is 1. The van der Waals surface area contributed by atoms with Gasteiger partial charge in [0.1, 0.15) is 6.23 Å². The molecule has 0 amide bonds. The minimum Gasteiger partial charge on any atom is -0.399 e. The minimum absolute atomic E-state index is 0.167. The summed E-state index contributed by atoms with van der Waals surface area (Å²) < 4.78 is 20.1. The molecular formula is C15H24BNO3. The largest absolute Gasteiger partial charge is 0.496 e. The van der Waals surface area contributed by atoms with Crippen LogP contribution in [0.25, 0.3) is 0 Å². The smallest absolute Gasteiger partial charge is 0.399 e. The molecule has 3 heterocycles. The SMILES string of the molecule is CC1(C)OB(c2ccn(C3CCCCO3)c2)OC1(C)C. The normalized spacial score (nSPS) is 28.8. The maximum Gasteiger partial charge on any atom is 0.496 e. The van der Waals surface area contributed by atoms with Crippen LogP contribution in [-0.2, 0) is 14.0 Å². The molecule has 5 heteroatoms. The fraction of sp³-hybridized carbons (Fsp3) is 0.733. The number of ether oxygens (including phenoxy) is 1. The van der Waals surface area contributed by atoms with E-state index in [1.54, 1.807) is 0 Å². The molecule has 0 aliphatic carbocycles. The first kappa shape index (κ1) is 14.2. The van der Waals surface area contributed by atoms with E-state index in [2.05, 4.69) is 50.7 Å². The highest BCUT2D eigenvalue weighted by atomic mass is 16.7. The molecule has 2 aliphatic rings. The molecule has 0 spiro atoms. The Kier molecular flexibility index (Phi) is 3.47. The second-order valence-electron chi connectivity index (χ2n) is 6.80. The second kappa shape index (κ2) is 4.90. The maximum absolute atomic E-state index is 6.07. The zero-order chi connectivity index (χ0) is 14.4. The molecule has 0 aromatic carbocycles. The molecule has 1 unspecified atom stereocenters. The van der Waals surface area contributed by atoms with E-state index >= 15 is 0 Å². The standard InChI is InChI=1S/C15H24BNO3/c1-14(2)15(3,4)20-16(19-14)12-8-9-17(11-12)13-7-5-6-10-18-13/h8-9,11,13H,5-7,10H2,1-4H3. The van der Waals surface area contributed by atoms with E-state index in [-0.39, 0.29) is 24.5 Å². The summed E-state index contributed by atoms with van der Waals surface area (Å²) in [6.45, 7) is 9.17.